The van der Waals surface area contributed by atoms with Gasteiger partial charge in [0, 0.05) is 5.92 Å². The van der Waals surface area contributed by atoms with Crippen molar-refractivity contribution in [1.29, 1.82) is 0 Å². The molecule has 1 fully saturated rings. The average molecular weight is 489 g/mol. The Morgan fingerprint density at radius 3 is 2.29 bits per heavy atom. The highest BCUT2D eigenvalue weighted by Crippen LogP contribution is 2.50. The number of rotatable bonds is 10. The van der Waals surface area contributed by atoms with E-state index in [0.717, 1.165) is 16.9 Å². The van der Waals surface area contributed by atoms with Crippen LogP contribution in [-0.4, -0.2) is 44.6 Å². The van der Waals surface area contributed by atoms with Crippen molar-refractivity contribution in [2.24, 2.45) is 11.8 Å². The molecule has 0 amide bonds. The summed E-state index contributed by atoms with van der Waals surface area (Å²) in [7, 11) is -0.498. The van der Waals surface area contributed by atoms with Crippen LogP contribution in [0.25, 0.3) is 0 Å². The van der Waals surface area contributed by atoms with Gasteiger partial charge in [0.1, 0.15) is 11.4 Å². The molecule has 0 bridgehead atoms. The molecule has 0 saturated heterocycles. The molecule has 1 saturated carbocycles. The molecule has 0 spiro atoms. The summed E-state index contributed by atoms with van der Waals surface area (Å²) >= 11 is 0. The maximum Gasteiger partial charge on any atom is 0.192 e. The molecule has 1 aliphatic rings. The summed E-state index contributed by atoms with van der Waals surface area (Å²) in [4.78, 5) is 13.7. The van der Waals surface area contributed by atoms with E-state index < -0.39 is 13.9 Å². The number of hydrogen-bond donors (Lipinski definition) is 1. The van der Waals surface area contributed by atoms with Crippen molar-refractivity contribution in [2.75, 3.05) is 13.7 Å². The number of carbonyl (C=O) groups excluding carboxylic acids is 1. The van der Waals surface area contributed by atoms with Crippen molar-refractivity contribution in [2.45, 2.75) is 84.4 Å². The number of ketones is 1. The first-order valence-corrected chi connectivity index (χ1v) is 15.0. The molecule has 190 valence electrons. The van der Waals surface area contributed by atoms with Crippen LogP contribution in [0.4, 0.5) is 0 Å². The van der Waals surface area contributed by atoms with E-state index in [-0.39, 0.29) is 42.0 Å². The van der Waals surface area contributed by atoms with Gasteiger partial charge in [0.25, 0.3) is 0 Å². The number of benzene rings is 1. The Kier molecular flexibility index (Phi) is 9.14. The zero-order valence-corrected chi connectivity index (χ0v) is 23.5. The molecule has 1 N–H and O–H groups in total. The number of ether oxygens (including phenoxy) is 2. The highest BCUT2D eigenvalue weighted by molar-refractivity contribution is 6.74. The molecular formula is C28H44O5Si. The molecule has 2 rings (SSSR count). The van der Waals surface area contributed by atoms with Crippen molar-refractivity contribution >= 4 is 14.1 Å². The van der Waals surface area contributed by atoms with E-state index in [4.69, 9.17) is 13.9 Å². The summed E-state index contributed by atoms with van der Waals surface area (Å²) in [6.07, 6.45) is 2.34. The maximum atomic E-state index is 13.7. The molecular weight excluding hydrogens is 444 g/mol. The zero-order valence-electron chi connectivity index (χ0n) is 22.5. The van der Waals surface area contributed by atoms with E-state index in [9.17, 15) is 9.90 Å². The lowest BCUT2D eigenvalue weighted by Gasteiger charge is -2.42. The summed E-state index contributed by atoms with van der Waals surface area (Å²) in [6, 6.07) is 7.67. The molecule has 5 nitrogen and oxygen atoms in total. The van der Waals surface area contributed by atoms with Gasteiger partial charge in [-0.05, 0) is 67.6 Å². The molecule has 0 heterocycles. The quantitative estimate of drug-likeness (QED) is 0.246. The first kappa shape index (κ1) is 28.5. The van der Waals surface area contributed by atoms with Crippen molar-refractivity contribution in [3.8, 4) is 5.75 Å². The van der Waals surface area contributed by atoms with Crippen LogP contribution in [0.2, 0.25) is 18.1 Å². The minimum atomic E-state index is -2.13. The lowest BCUT2D eigenvalue weighted by atomic mass is 9.82. The van der Waals surface area contributed by atoms with Crippen LogP contribution in [0.1, 0.15) is 53.5 Å². The van der Waals surface area contributed by atoms with Gasteiger partial charge in [-0.2, -0.15) is 0 Å². The van der Waals surface area contributed by atoms with Crippen molar-refractivity contribution < 1.29 is 23.8 Å². The van der Waals surface area contributed by atoms with Gasteiger partial charge in [0.2, 0.25) is 0 Å². The third-order valence-corrected chi connectivity index (χ3v) is 11.9. The molecule has 0 radical (unpaired) electrons. The van der Waals surface area contributed by atoms with Crippen LogP contribution in [0.3, 0.4) is 0 Å². The van der Waals surface area contributed by atoms with Crippen LogP contribution in [0, 0.1) is 11.8 Å². The highest BCUT2D eigenvalue weighted by Gasteiger charge is 2.58. The number of aliphatic hydroxyl groups excluding tert-OH is 1. The Labute approximate surface area is 207 Å². The minimum Gasteiger partial charge on any atom is -0.497 e. The molecule has 0 aliphatic heterocycles. The molecule has 6 heteroatoms. The minimum absolute atomic E-state index is 0.0283. The van der Waals surface area contributed by atoms with Gasteiger partial charge in [0.15, 0.2) is 14.1 Å². The third kappa shape index (κ3) is 6.09. The first-order chi connectivity index (χ1) is 15.7. The molecule has 0 unspecified atom stereocenters. The molecule has 34 heavy (non-hydrogen) atoms. The average Bonchev–Trinajstić information content (AvgIpc) is 3.02. The van der Waals surface area contributed by atoms with Crippen LogP contribution in [-0.2, 0) is 20.6 Å². The maximum absolute atomic E-state index is 13.7. The van der Waals surface area contributed by atoms with Crippen LogP contribution < -0.4 is 4.74 Å². The number of methoxy groups -OCH3 is 1. The SMILES string of the molecule is C=C(C)C(=O)[C@@]1(OCc2ccc(OC)cc2)C[C@H](C)[C@@H](O[Si](C)(C)C(C)(C)C)[C@@H]1/C=C(\C)CO. The second-order valence-electron chi connectivity index (χ2n) is 11.4. The third-order valence-electron chi connectivity index (χ3n) is 7.46. The lowest BCUT2D eigenvalue weighted by molar-refractivity contribution is -0.148. The van der Waals surface area contributed by atoms with E-state index in [2.05, 4.69) is 47.4 Å². The van der Waals surface area contributed by atoms with E-state index in [1.807, 2.05) is 37.3 Å². The summed E-state index contributed by atoms with van der Waals surface area (Å²) in [6.45, 7) is 21.1. The van der Waals surface area contributed by atoms with Crippen molar-refractivity contribution in [3.05, 3.63) is 53.6 Å². The molecule has 1 aromatic carbocycles. The van der Waals surface area contributed by atoms with Crippen LogP contribution in [0.5, 0.6) is 5.75 Å². The fraction of sp³-hybridized carbons (Fsp3) is 0.607. The van der Waals surface area contributed by atoms with Gasteiger partial charge in [-0.25, -0.2) is 0 Å². The molecule has 4 atom stereocenters. The van der Waals surface area contributed by atoms with E-state index in [1.54, 1.807) is 14.0 Å². The zero-order chi connectivity index (χ0) is 25.9. The second-order valence-corrected chi connectivity index (χ2v) is 16.1. The van der Waals surface area contributed by atoms with Crippen LogP contribution >= 0.6 is 0 Å². The van der Waals surface area contributed by atoms with Crippen molar-refractivity contribution in [3.63, 3.8) is 0 Å². The number of Topliss-reactive ketones (excluding diaryl/α,β-unsaturated/α-hetero) is 1. The summed E-state index contributed by atoms with van der Waals surface area (Å²) in [5, 5.41) is 9.86. The van der Waals surface area contributed by atoms with Gasteiger partial charge in [0.05, 0.1) is 26.4 Å². The summed E-state index contributed by atoms with van der Waals surface area (Å²) < 4.78 is 18.8. The van der Waals surface area contributed by atoms with Gasteiger partial charge >= 0.3 is 0 Å². The fourth-order valence-electron chi connectivity index (χ4n) is 4.40. The monoisotopic (exact) mass is 488 g/mol. The number of carbonyl (C=O) groups is 1. The largest absolute Gasteiger partial charge is 0.497 e. The van der Waals surface area contributed by atoms with E-state index in [1.165, 1.54) is 0 Å². The van der Waals surface area contributed by atoms with Gasteiger partial charge in [-0.15, -0.1) is 0 Å². The fourth-order valence-corrected chi connectivity index (χ4v) is 5.82. The number of aliphatic hydroxyl groups is 1. The van der Waals surface area contributed by atoms with Crippen molar-refractivity contribution in [1.82, 2.24) is 0 Å². The van der Waals surface area contributed by atoms with Crippen LogP contribution in [0.15, 0.2) is 48.1 Å². The van der Waals surface area contributed by atoms with Gasteiger partial charge in [-0.1, -0.05) is 58.1 Å². The Balaban J connectivity index is 2.54. The number of hydrogen-bond acceptors (Lipinski definition) is 5. The predicted octanol–water partition coefficient (Wildman–Crippen LogP) is 6.08. The van der Waals surface area contributed by atoms with E-state index in [0.29, 0.717) is 12.0 Å². The van der Waals surface area contributed by atoms with E-state index >= 15 is 0 Å². The Morgan fingerprint density at radius 1 is 1.24 bits per heavy atom. The second kappa shape index (κ2) is 10.9. The Morgan fingerprint density at radius 2 is 1.82 bits per heavy atom. The molecule has 1 aromatic rings. The molecule has 1 aliphatic carbocycles. The predicted molar refractivity (Wildman–Crippen MR) is 141 cm³/mol. The standard InChI is InChI=1S/C28H44O5Si/c1-19(2)26(30)28(32-18-22-11-13-23(31-8)14-12-22)16-21(4)25(24(28)15-20(3)17-29)33-34(9,10)27(5,6)7/h11-15,21,24-25,29H,1,16-18H2,2-10H3/b20-15+/t21-,24-,25+,28+/m0/s1. The molecule has 0 aromatic heterocycles. The normalized spacial score (nSPS) is 25.9. The highest BCUT2D eigenvalue weighted by atomic mass is 28.4. The van der Waals surface area contributed by atoms with Gasteiger partial charge in [-0.3, -0.25) is 4.79 Å². The Bertz CT molecular complexity index is 896. The van der Waals surface area contributed by atoms with Gasteiger partial charge < -0.3 is 19.0 Å². The first-order valence-electron chi connectivity index (χ1n) is 12.1. The summed E-state index contributed by atoms with van der Waals surface area (Å²) in [5.74, 6) is 0.446. The summed E-state index contributed by atoms with van der Waals surface area (Å²) in [5.41, 5.74) is 1.12. The topological polar surface area (TPSA) is 65.0 Å². The lowest BCUT2D eigenvalue weighted by Crippen LogP contribution is -2.50. The smallest absolute Gasteiger partial charge is 0.192 e. The Hall–Kier alpha value is -1.73.